The van der Waals surface area contributed by atoms with E-state index in [1.165, 1.54) is 0 Å². The fourth-order valence-electron chi connectivity index (χ4n) is 4.78. The third kappa shape index (κ3) is 27.7. The van der Waals surface area contributed by atoms with Gasteiger partial charge in [0.25, 0.3) is 0 Å². The molecule has 0 aliphatic carbocycles. The number of hydrogen-bond acceptors (Lipinski definition) is 21. The minimum atomic E-state index is -0.541. The Balaban J connectivity index is 0.965. The third-order valence-electron chi connectivity index (χ3n) is 7.81. The van der Waals surface area contributed by atoms with E-state index < -0.39 is 6.09 Å². The van der Waals surface area contributed by atoms with Gasteiger partial charge in [-0.1, -0.05) is 6.07 Å². The maximum absolute atomic E-state index is 12.0. The number of ether oxygens (including phenoxy) is 13. The fourth-order valence-corrected chi connectivity index (χ4v) is 4.78. The normalized spacial score (nSPS) is 12.3. The molecule has 0 radical (unpaired) electrons. The number of hydrazone groups is 2. The first-order valence-corrected chi connectivity index (χ1v) is 20.8. The van der Waals surface area contributed by atoms with Gasteiger partial charge < -0.3 is 72.2 Å². The third-order valence-corrected chi connectivity index (χ3v) is 7.81. The summed E-state index contributed by atoms with van der Waals surface area (Å²) in [6.07, 6.45) is 2.79. The Morgan fingerprint density at radius 3 is 1.35 bits per heavy atom. The van der Waals surface area contributed by atoms with Crippen molar-refractivity contribution in [2.24, 2.45) is 10.2 Å². The highest BCUT2D eigenvalue weighted by Gasteiger charge is 2.16. The molecule has 0 aromatic carbocycles. The van der Waals surface area contributed by atoms with E-state index in [0.29, 0.717) is 194 Å². The van der Waals surface area contributed by atoms with Crippen LogP contribution in [0.25, 0.3) is 0 Å². The lowest BCUT2D eigenvalue weighted by Crippen LogP contribution is -2.36. The summed E-state index contributed by atoms with van der Waals surface area (Å²) in [4.78, 5) is 20.7. The average Bonchev–Trinajstić information content (AvgIpc) is 3.30. The van der Waals surface area contributed by atoms with Crippen molar-refractivity contribution < 1.29 is 66.4 Å². The number of carbonyl (C=O) groups is 1. The van der Waals surface area contributed by atoms with E-state index in [-0.39, 0.29) is 6.61 Å². The van der Waals surface area contributed by atoms with Crippen molar-refractivity contribution in [2.75, 3.05) is 184 Å². The Bertz CT molecular complexity index is 1440. The summed E-state index contributed by atoms with van der Waals surface area (Å²) in [6.45, 7) is 11.9. The van der Waals surface area contributed by atoms with Crippen LogP contribution in [0.15, 0.2) is 52.9 Å². The Hall–Kier alpha value is -4.17. The van der Waals surface area contributed by atoms with E-state index >= 15 is 0 Å². The maximum atomic E-state index is 12.0. The van der Waals surface area contributed by atoms with Crippen LogP contribution in [0.5, 0.6) is 0 Å². The van der Waals surface area contributed by atoms with Gasteiger partial charge in [-0.15, -0.1) is 0 Å². The first-order valence-electron chi connectivity index (χ1n) is 20.8. The molecule has 1 aliphatic heterocycles. The number of pyridine rings is 2. The molecule has 0 spiro atoms. The molecular weight excluding hydrogens is 816 g/mol. The molecule has 22 nitrogen and oxygen atoms in total. The van der Waals surface area contributed by atoms with E-state index in [9.17, 15) is 4.79 Å². The first-order chi connectivity index (χ1) is 30.8. The zero-order valence-corrected chi connectivity index (χ0v) is 35.9. The highest BCUT2D eigenvalue weighted by atomic mass is 16.6. The summed E-state index contributed by atoms with van der Waals surface area (Å²) in [5.41, 5.74) is 7.70. The van der Waals surface area contributed by atoms with Crippen molar-refractivity contribution in [1.82, 2.24) is 26.1 Å². The number of nitrogens with zero attached hydrogens (tertiary/aromatic N) is 4. The number of amidine groups is 2. The van der Waals surface area contributed by atoms with Crippen molar-refractivity contribution in [3.63, 3.8) is 0 Å². The lowest BCUT2D eigenvalue weighted by molar-refractivity contribution is -0.0279. The van der Waals surface area contributed by atoms with Crippen LogP contribution in [-0.2, 0) is 61.6 Å². The molecule has 0 bridgehead atoms. The summed E-state index contributed by atoms with van der Waals surface area (Å²) >= 11 is 0. The predicted molar refractivity (Wildman–Crippen MR) is 227 cm³/mol. The van der Waals surface area contributed by atoms with Crippen molar-refractivity contribution >= 4 is 23.5 Å². The first kappa shape index (κ1) is 52.2. The van der Waals surface area contributed by atoms with Crippen LogP contribution >= 0.6 is 0 Å². The number of aromatic nitrogens is 2. The molecule has 62 heavy (non-hydrogen) atoms. The van der Waals surface area contributed by atoms with Crippen molar-refractivity contribution in [3.8, 4) is 0 Å². The molecule has 350 valence electrons. The lowest BCUT2D eigenvalue weighted by Gasteiger charge is -2.16. The van der Waals surface area contributed by atoms with Crippen LogP contribution in [0.2, 0.25) is 0 Å². The minimum Gasteiger partial charge on any atom is -0.448 e. The van der Waals surface area contributed by atoms with Gasteiger partial charge in [0.05, 0.1) is 158 Å². The van der Waals surface area contributed by atoms with Gasteiger partial charge in [0.2, 0.25) is 0 Å². The van der Waals surface area contributed by atoms with Crippen LogP contribution in [0.4, 0.5) is 10.5 Å². The molecule has 2 aromatic heterocycles. The van der Waals surface area contributed by atoms with Crippen molar-refractivity contribution in [3.05, 3.63) is 54.1 Å². The summed E-state index contributed by atoms with van der Waals surface area (Å²) in [6, 6.07) is 9.14. The topological polar surface area (TPSA) is 236 Å². The molecule has 0 saturated carbocycles. The number of alkyl carbamates (subject to hydrolysis) is 1. The van der Waals surface area contributed by atoms with Gasteiger partial charge >= 0.3 is 6.09 Å². The number of methoxy groups -OCH3 is 1. The standard InChI is InChI=1S/C40H66N8O14/c1-50-13-14-52-17-18-54-21-22-56-25-26-58-29-30-60-33-34-61-32-31-59-28-27-57-24-23-55-20-19-53-16-15-51-11-9-44-40(49)62-12-10-42-35-6-4-8-43-37(35)39-47-45-38(46-48-39)36-5-2-3-7-41-36/h2-8,42H,9-34H2,1H3,(H,44,49)(H,45,46)(H,47,48). The molecule has 4 N–H and O–H groups in total. The molecular formula is C40H66N8O14. The smallest absolute Gasteiger partial charge is 0.407 e. The van der Waals surface area contributed by atoms with Gasteiger partial charge in [-0.25, -0.2) is 4.79 Å². The Morgan fingerprint density at radius 1 is 0.484 bits per heavy atom. The van der Waals surface area contributed by atoms with Gasteiger partial charge in [-0.3, -0.25) is 20.8 Å². The highest BCUT2D eigenvalue weighted by molar-refractivity contribution is 6.06. The molecule has 1 amide bonds. The maximum Gasteiger partial charge on any atom is 0.407 e. The van der Waals surface area contributed by atoms with E-state index in [1.54, 1.807) is 25.6 Å². The molecule has 0 fully saturated rings. The fraction of sp³-hybridized carbons (Fsp3) is 0.675. The van der Waals surface area contributed by atoms with Gasteiger partial charge in [0, 0.05) is 32.6 Å². The molecule has 1 aliphatic rings. The molecule has 3 heterocycles. The van der Waals surface area contributed by atoms with E-state index in [0.717, 1.165) is 0 Å². The average molecular weight is 883 g/mol. The quantitative estimate of drug-likeness (QED) is 0.0671. The zero-order valence-electron chi connectivity index (χ0n) is 35.9. The van der Waals surface area contributed by atoms with Crippen molar-refractivity contribution in [1.29, 1.82) is 0 Å². The van der Waals surface area contributed by atoms with Crippen LogP contribution in [-0.4, -0.2) is 206 Å². The minimum absolute atomic E-state index is 0.134. The number of nitrogens with one attached hydrogen (secondary N) is 4. The van der Waals surface area contributed by atoms with Gasteiger partial charge in [-0.05, 0) is 24.3 Å². The summed E-state index contributed by atoms with van der Waals surface area (Å²) < 4.78 is 70.2. The van der Waals surface area contributed by atoms with Gasteiger partial charge in [0.1, 0.15) is 18.0 Å². The predicted octanol–water partition coefficient (Wildman–Crippen LogP) is 0.660. The Kier molecular flexibility index (Phi) is 32.4. The second-order valence-corrected chi connectivity index (χ2v) is 12.5. The van der Waals surface area contributed by atoms with Crippen LogP contribution in [0.3, 0.4) is 0 Å². The monoisotopic (exact) mass is 882 g/mol. The number of carbonyl (C=O) groups excluding carboxylic acids is 1. The van der Waals surface area contributed by atoms with Gasteiger partial charge in [-0.2, -0.15) is 10.2 Å². The SMILES string of the molecule is COCCOCCOCCOCCOCCOCCOCCOCCOCCOCCOCCOCCNC(=O)OCCNc1cccnc1C1=NNC(c2ccccn2)=NN1. The summed E-state index contributed by atoms with van der Waals surface area (Å²) in [5.74, 6) is 0.915. The summed E-state index contributed by atoms with van der Waals surface area (Å²) in [7, 11) is 1.64. The van der Waals surface area contributed by atoms with Crippen LogP contribution in [0, 0.1) is 0 Å². The molecule has 0 atom stereocenters. The van der Waals surface area contributed by atoms with Crippen molar-refractivity contribution in [2.45, 2.75) is 0 Å². The van der Waals surface area contributed by atoms with E-state index in [4.69, 9.17) is 61.6 Å². The highest BCUT2D eigenvalue weighted by Crippen LogP contribution is 2.13. The van der Waals surface area contributed by atoms with Gasteiger partial charge in [0.15, 0.2) is 11.7 Å². The largest absolute Gasteiger partial charge is 0.448 e. The Morgan fingerprint density at radius 2 is 0.919 bits per heavy atom. The number of amides is 1. The molecule has 3 rings (SSSR count). The van der Waals surface area contributed by atoms with E-state index in [2.05, 4.69) is 41.7 Å². The number of hydrogen-bond donors (Lipinski definition) is 4. The van der Waals surface area contributed by atoms with Crippen LogP contribution in [0.1, 0.15) is 11.4 Å². The number of anilines is 1. The molecule has 0 unspecified atom stereocenters. The summed E-state index contributed by atoms with van der Waals surface area (Å²) in [5, 5.41) is 14.5. The Labute approximate surface area is 363 Å². The second kappa shape index (κ2) is 38.5. The molecule has 0 saturated heterocycles. The molecule has 2 aromatic rings. The molecule has 22 heteroatoms. The lowest BCUT2D eigenvalue weighted by atomic mass is 10.2. The second-order valence-electron chi connectivity index (χ2n) is 12.5. The number of rotatable bonds is 42. The zero-order chi connectivity index (χ0) is 43.6. The van der Waals surface area contributed by atoms with E-state index in [1.807, 2.05) is 24.3 Å². The van der Waals surface area contributed by atoms with Crippen LogP contribution < -0.4 is 21.5 Å².